The van der Waals surface area contributed by atoms with E-state index >= 15 is 0 Å². The highest BCUT2D eigenvalue weighted by Crippen LogP contribution is 2.32. The molecule has 0 fully saturated rings. The molecule has 0 radical (unpaired) electrons. The van der Waals surface area contributed by atoms with Crippen molar-refractivity contribution >= 4 is 28.7 Å². The van der Waals surface area contributed by atoms with Crippen molar-refractivity contribution in [1.29, 1.82) is 0 Å². The van der Waals surface area contributed by atoms with Crippen LogP contribution in [0.1, 0.15) is 36.1 Å². The Hall–Kier alpha value is -1.56. The Labute approximate surface area is 163 Å². The quantitative estimate of drug-likeness (QED) is 0.617. The number of carbonyl (C=O) groups excluding carboxylic acids is 1. The number of ether oxygens (including phenoxy) is 1. The van der Waals surface area contributed by atoms with Crippen molar-refractivity contribution in [2.75, 3.05) is 13.1 Å². The van der Waals surface area contributed by atoms with Gasteiger partial charge in [-0.05, 0) is 84.4 Å². The Morgan fingerprint density at radius 1 is 0.920 bits per heavy atom. The van der Waals surface area contributed by atoms with Crippen molar-refractivity contribution in [1.82, 2.24) is 4.90 Å². The fraction of sp³-hybridized carbons (Fsp3) is 0.381. The summed E-state index contributed by atoms with van der Waals surface area (Å²) >= 11 is 2.34. The van der Waals surface area contributed by atoms with Crippen LogP contribution in [0.2, 0.25) is 0 Å². The van der Waals surface area contributed by atoms with Crippen molar-refractivity contribution in [3.8, 4) is 5.75 Å². The van der Waals surface area contributed by atoms with Crippen LogP contribution in [-0.2, 0) is 25.7 Å². The highest BCUT2D eigenvalue weighted by Gasteiger charge is 2.19. The van der Waals surface area contributed by atoms with Gasteiger partial charge in [-0.25, -0.2) is 4.79 Å². The molecule has 6 rings (SSSR count). The van der Waals surface area contributed by atoms with Crippen LogP contribution in [0.25, 0.3) is 0 Å². The lowest BCUT2D eigenvalue weighted by atomic mass is 9.96. The van der Waals surface area contributed by atoms with Gasteiger partial charge in [0.2, 0.25) is 0 Å². The second kappa shape index (κ2) is 8.21. The van der Waals surface area contributed by atoms with Gasteiger partial charge in [0.05, 0.1) is 3.57 Å². The molecule has 4 bridgehead atoms. The minimum atomic E-state index is -0.253. The first-order valence-corrected chi connectivity index (χ1v) is 10.0. The molecule has 4 heteroatoms. The second-order valence-corrected chi connectivity index (χ2v) is 7.46. The number of aryl methyl sites for hydroxylation is 4. The third-order valence-corrected chi connectivity index (χ3v) is 6.04. The van der Waals surface area contributed by atoms with E-state index in [2.05, 4.69) is 59.0 Å². The average Bonchev–Trinajstić information content (AvgIpc) is 2.61. The zero-order valence-corrected chi connectivity index (χ0v) is 17.0. The number of amides is 1. The van der Waals surface area contributed by atoms with Crippen molar-refractivity contribution in [3.05, 3.63) is 62.2 Å². The Kier molecular flexibility index (Phi) is 5.99. The standard InChI is InChI=1S/C21H24INO2/c1-3-23(4-2)21(24)25-20-18-12-10-16-7-5-15(6-8-16)9-11-17(13-14-18)19(20)22/h5-8,13-14H,3-4,9-12H2,1-2H3. The molecular weight excluding hydrogens is 425 g/mol. The Balaban J connectivity index is 1.95. The van der Waals surface area contributed by atoms with E-state index in [1.54, 1.807) is 4.90 Å². The van der Waals surface area contributed by atoms with Crippen LogP contribution in [-0.4, -0.2) is 24.1 Å². The molecule has 0 aliphatic heterocycles. The summed E-state index contributed by atoms with van der Waals surface area (Å²) in [5.41, 5.74) is 5.03. The SMILES string of the molecule is CCN(CC)C(=O)Oc1c2ccc(c1I)CCc1ccc(cc1)CC2. The normalized spacial score (nSPS) is 13.2. The summed E-state index contributed by atoms with van der Waals surface area (Å²) in [7, 11) is 0. The van der Waals surface area contributed by atoms with E-state index in [1.165, 1.54) is 16.7 Å². The maximum absolute atomic E-state index is 12.5. The van der Waals surface area contributed by atoms with Gasteiger partial charge in [0.15, 0.2) is 0 Å². The molecule has 0 unspecified atom stereocenters. The van der Waals surface area contributed by atoms with E-state index in [4.69, 9.17) is 4.74 Å². The molecule has 4 aliphatic carbocycles. The molecule has 0 saturated carbocycles. The Bertz CT molecular complexity index is 751. The number of halogens is 1. The number of nitrogens with zero attached hydrogens (tertiary/aromatic N) is 1. The minimum absolute atomic E-state index is 0.253. The third-order valence-electron chi connectivity index (χ3n) is 4.86. The topological polar surface area (TPSA) is 29.5 Å². The van der Waals surface area contributed by atoms with Crippen molar-refractivity contribution in [3.63, 3.8) is 0 Å². The molecular formula is C21H24INO2. The highest BCUT2D eigenvalue weighted by molar-refractivity contribution is 14.1. The van der Waals surface area contributed by atoms with E-state index in [0.717, 1.165) is 40.6 Å². The van der Waals surface area contributed by atoms with Gasteiger partial charge in [-0.3, -0.25) is 0 Å². The monoisotopic (exact) mass is 449 g/mol. The van der Waals surface area contributed by atoms with E-state index in [9.17, 15) is 4.79 Å². The van der Waals surface area contributed by atoms with Gasteiger partial charge in [-0.1, -0.05) is 36.4 Å². The molecule has 1 amide bonds. The molecule has 132 valence electrons. The molecule has 0 aromatic heterocycles. The first-order chi connectivity index (χ1) is 12.1. The summed E-state index contributed by atoms with van der Waals surface area (Å²) in [5.74, 6) is 0.755. The number of benzene rings is 2. The summed E-state index contributed by atoms with van der Waals surface area (Å²) in [5, 5.41) is 0. The zero-order valence-electron chi connectivity index (χ0n) is 14.8. The van der Waals surface area contributed by atoms with Gasteiger partial charge < -0.3 is 9.64 Å². The first-order valence-electron chi connectivity index (χ1n) is 8.97. The summed E-state index contributed by atoms with van der Waals surface area (Å²) in [6, 6.07) is 13.2. The average molecular weight is 449 g/mol. The highest BCUT2D eigenvalue weighted by atomic mass is 127. The summed E-state index contributed by atoms with van der Waals surface area (Å²) in [4.78, 5) is 14.2. The maximum Gasteiger partial charge on any atom is 0.415 e. The van der Waals surface area contributed by atoms with E-state index in [1.807, 2.05) is 13.8 Å². The molecule has 0 heterocycles. The fourth-order valence-corrected chi connectivity index (χ4v) is 4.11. The smallest absolute Gasteiger partial charge is 0.409 e. The van der Waals surface area contributed by atoms with Crippen LogP contribution >= 0.6 is 22.6 Å². The maximum atomic E-state index is 12.5. The van der Waals surface area contributed by atoms with Crippen LogP contribution in [0.5, 0.6) is 5.75 Å². The van der Waals surface area contributed by atoms with Crippen LogP contribution < -0.4 is 4.74 Å². The molecule has 0 spiro atoms. The molecule has 3 nitrogen and oxygen atoms in total. The first kappa shape index (κ1) is 18.2. The molecule has 4 aliphatic rings. The van der Waals surface area contributed by atoms with Crippen molar-refractivity contribution in [2.45, 2.75) is 39.5 Å². The lowest BCUT2D eigenvalue weighted by molar-refractivity contribution is 0.156. The molecule has 2 aromatic carbocycles. The molecule has 0 N–H and O–H groups in total. The minimum Gasteiger partial charge on any atom is -0.409 e. The van der Waals surface area contributed by atoms with Crippen LogP contribution in [0.4, 0.5) is 4.79 Å². The lowest BCUT2D eigenvalue weighted by Gasteiger charge is -2.21. The zero-order chi connectivity index (χ0) is 17.8. The predicted molar refractivity (Wildman–Crippen MR) is 109 cm³/mol. The molecule has 0 saturated heterocycles. The number of hydrogen-bond donors (Lipinski definition) is 0. The Morgan fingerprint density at radius 3 is 2.00 bits per heavy atom. The summed E-state index contributed by atoms with van der Waals surface area (Å²) < 4.78 is 6.94. The molecule has 0 atom stereocenters. The molecule has 2 aromatic rings. The van der Waals surface area contributed by atoms with Gasteiger partial charge in [-0.2, -0.15) is 0 Å². The lowest BCUT2D eigenvalue weighted by Crippen LogP contribution is -2.33. The number of carbonyl (C=O) groups is 1. The van der Waals surface area contributed by atoms with Gasteiger partial charge in [-0.15, -0.1) is 0 Å². The van der Waals surface area contributed by atoms with Crippen LogP contribution in [0.3, 0.4) is 0 Å². The van der Waals surface area contributed by atoms with Crippen molar-refractivity contribution < 1.29 is 9.53 Å². The van der Waals surface area contributed by atoms with Gasteiger partial charge in [0.1, 0.15) is 5.75 Å². The van der Waals surface area contributed by atoms with Crippen LogP contribution in [0.15, 0.2) is 36.4 Å². The predicted octanol–water partition coefficient (Wildman–Crippen LogP) is 5.02. The van der Waals surface area contributed by atoms with Gasteiger partial charge in [0.25, 0.3) is 0 Å². The summed E-state index contributed by atoms with van der Waals surface area (Å²) in [6.07, 6.45) is 3.52. The fourth-order valence-electron chi connectivity index (χ4n) is 3.20. The summed E-state index contributed by atoms with van der Waals surface area (Å²) in [6.45, 7) is 5.27. The van der Waals surface area contributed by atoms with Crippen LogP contribution in [0, 0.1) is 3.57 Å². The molecule has 25 heavy (non-hydrogen) atoms. The van der Waals surface area contributed by atoms with Gasteiger partial charge >= 0.3 is 6.09 Å². The second-order valence-electron chi connectivity index (χ2n) is 6.38. The largest absolute Gasteiger partial charge is 0.415 e. The van der Waals surface area contributed by atoms with E-state index < -0.39 is 0 Å². The van der Waals surface area contributed by atoms with Gasteiger partial charge in [0, 0.05) is 13.1 Å². The van der Waals surface area contributed by atoms with E-state index in [-0.39, 0.29) is 6.09 Å². The van der Waals surface area contributed by atoms with Crippen molar-refractivity contribution in [2.24, 2.45) is 0 Å². The number of hydrogen-bond acceptors (Lipinski definition) is 2. The third kappa shape index (κ3) is 4.17. The Morgan fingerprint density at radius 2 is 1.44 bits per heavy atom. The van der Waals surface area contributed by atoms with E-state index in [0.29, 0.717) is 13.1 Å². The number of rotatable bonds is 3.